The van der Waals surface area contributed by atoms with E-state index in [-0.39, 0.29) is 17.8 Å². The number of aromatic carboxylic acids is 1. The highest BCUT2D eigenvalue weighted by atomic mass is 16.4. The molecule has 1 aliphatic heterocycles. The fourth-order valence-corrected chi connectivity index (χ4v) is 3.39. The summed E-state index contributed by atoms with van der Waals surface area (Å²) in [5, 5.41) is 11.8. The van der Waals surface area contributed by atoms with Crippen molar-refractivity contribution in [1.29, 1.82) is 0 Å². The Morgan fingerprint density at radius 1 is 1.07 bits per heavy atom. The Kier molecular flexibility index (Phi) is 4.93. The van der Waals surface area contributed by atoms with Gasteiger partial charge in [-0.2, -0.15) is 0 Å². The average molecular weight is 401 g/mol. The van der Waals surface area contributed by atoms with E-state index in [1.165, 1.54) is 11.0 Å². The maximum absolute atomic E-state index is 12.8. The predicted molar refractivity (Wildman–Crippen MR) is 111 cm³/mol. The number of rotatable bonds is 5. The first-order valence-electron chi connectivity index (χ1n) is 9.33. The summed E-state index contributed by atoms with van der Waals surface area (Å²) in [6.07, 6.45) is 3.35. The van der Waals surface area contributed by atoms with Crippen molar-refractivity contribution in [2.24, 2.45) is 0 Å². The number of carbonyl (C=O) groups excluding carboxylic acids is 2. The molecule has 0 unspecified atom stereocenters. The monoisotopic (exact) mass is 401 g/mol. The van der Waals surface area contributed by atoms with E-state index in [1.807, 2.05) is 31.2 Å². The molecule has 2 aromatic carbocycles. The minimum Gasteiger partial charge on any atom is -0.478 e. The minimum atomic E-state index is -1.02. The van der Waals surface area contributed by atoms with E-state index >= 15 is 0 Å². The summed E-state index contributed by atoms with van der Waals surface area (Å²) in [5.74, 6) is -1.43. The Morgan fingerprint density at radius 2 is 1.87 bits per heavy atom. The standard InChI is InChI=1S/C23H19N3O4/c1-15-5-2-6-16(11-15)14-26-21(27)20(24-23(26)30)13-19-9-4-10-25(19)18-8-3-7-17(12-18)22(28)29/h2-13H,14H2,1H3,(H,24,30)(H,28,29)/b20-13+. The first-order chi connectivity index (χ1) is 14.4. The van der Waals surface area contributed by atoms with E-state index in [9.17, 15) is 19.5 Å². The van der Waals surface area contributed by atoms with Crippen LogP contribution in [0.2, 0.25) is 0 Å². The van der Waals surface area contributed by atoms with E-state index in [1.54, 1.807) is 47.2 Å². The van der Waals surface area contributed by atoms with Gasteiger partial charge in [0, 0.05) is 17.6 Å². The molecule has 150 valence electrons. The van der Waals surface area contributed by atoms with Crippen molar-refractivity contribution in [3.05, 3.63) is 94.9 Å². The zero-order valence-electron chi connectivity index (χ0n) is 16.2. The number of urea groups is 1. The lowest BCUT2D eigenvalue weighted by Gasteiger charge is -2.12. The van der Waals surface area contributed by atoms with Crippen LogP contribution in [0.5, 0.6) is 0 Å². The van der Waals surface area contributed by atoms with Crippen LogP contribution in [0.25, 0.3) is 11.8 Å². The Morgan fingerprint density at radius 3 is 2.63 bits per heavy atom. The molecular formula is C23H19N3O4. The van der Waals surface area contributed by atoms with E-state index in [0.29, 0.717) is 11.4 Å². The van der Waals surface area contributed by atoms with Gasteiger partial charge in [-0.05, 0) is 48.9 Å². The fraction of sp³-hybridized carbons (Fsp3) is 0.0870. The Labute approximate surface area is 172 Å². The molecule has 0 aliphatic carbocycles. The lowest BCUT2D eigenvalue weighted by atomic mass is 10.1. The third-order valence-electron chi connectivity index (χ3n) is 4.83. The average Bonchev–Trinajstić information content (AvgIpc) is 3.28. The van der Waals surface area contributed by atoms with Gasteiger partial charge in [-0.25, -0.2) is 9.59 Å². The van der Waals surface area contributed by atoms with Gasteiger partial charge in [0.1, 0.15) is 5.70 Å². The van der Waals surface area contributed by atoms with Gasteiger partial charge in [-0.3, -0.25) is 9.69 Å². The second kappa shape index (κ2) is 7.71. The molecule has 3 amide bonds. The highest BCUT2D eigenvalue weighted by Crippen LogP contribution is 2.20. The third-order valence-corrected chi connectivity index (χ3v) is 4.83. The number of aryl methyl sites for hydroxylation is 1. The number of amides is 3. The van der Waals surface area contributed by atoms with Gasteiger partial charge in [0.25, 0.3) is 5.91 Å². The van der Waals surface area contributed by atoms with Crippen LogP contribution < -0.4 is 5.32 Å². The Hall–Kier alpha value is -4.13. The van der Waals surface area contributed by atoms with Gasteiger partial charge < -0.3 is 15.0 Å². The zero-order valence-corrected chi connectivity index (χ0v) is 16.2. The van der Waals surface area contributed by atoms with Crippen LogP contribution in [0.15, 0.2) is 72.6 Å². The van der Waals surface area contributed by atoms with Gasteiger partial charge in [-0.1, -0.05) is 35.9 Å². The molecule has 1 aliphatic rings. The number of carboxylic acid groups (broad SMARTS) is 1. The quantitative estimate of drug-likeness (QED) is 0.505. The molecule has 0 radical (unpaired) electrons. The molecule has 1 saturated heterocycles. The number of nitrogens with zero attached hydrogens (tertiary/aromatic N) is 2. The van der Waals surface area contributed by atoms with E-state index in [0.717, 1.165) is 11.1 Å². The molecule has 4 rings (SSSR count). The van der Waals surface area contributed by atoms with Crippen LogP contribution in [-0.4, -0.2) is 32.5 Å². The van der Waals surface area contributed by atoms with E-state index < -0.39 is 17.9 Å². The molecule has 0 bridgehead atoms. The summed E-state index contributed by atoms with van der Waals surface area (Å²) in [6.45, 7) is 2.14. The van der Waals surface area contributed by atoms with Crippen molar-refractivity contribution in [3.8, 4) is 5.69 Å². The summed E-state index contributed by atoms with van der Waals surface area (Å²) < 4.78 is 1.75. The second-order valence-corrected chi connectivity index (χ2v) is 7.03. The number of aromatic nitrogens is 1. The van der Waals surface area contributed by atoms with E-state index in [2.05, 4.69) is 5.32 Å². The number of hydrogen-bond donors (Lipinski definition) is 2. The third kappa shape index (κ3) is 3.73. The van der Waals surface area contributed by atoms with E-state index in [4.69, 9.17) is 0 Å². The molecule has 1 aromatic heterocycles. The molecule has 0 saturated carbocycles. The molecule has 30 heavy (non-hydrogen) atoms. The topological polar surface area (TPSA) is 91.6 Å². The molecule has 7 heteroatoms. The van der Waals surface area contributed by atoms with Gasteiger partial charge in [0.2, 0.25) is 0 Å². The van der Waals surface area contributed by atoms with Crippen LogP contribution in [-0.2, 0) is 11.3 Å². The van der Waals surface area contributed by atoms with Crippen molar-refractivity contribution in [1.82, 2.24) is 14.8 Å². The van der Waals surface area contributed by atoms with Gasteiger partial charge in [0.05, 0.1) is 12.1 Å². The number of hydrogen-bond acceptors (Lipinski definition) is 3. The summed E-state index contributed by atoms with van der Waals surface area (Å²) in [5.41, 5.74) is 3.53. The highest BCUT2D eigenvalue weighted by molar-refractivity contribution is 6.13. The number of benzene rings is 2. The van der Waals surface area contributed by atoms with Crippen LogP contribution in [0, 0.1) is 6.92 Å². The number of imide groups is 1. The number of nitrogens with one attached hydrogen (secondary N) is 1. The van der Waals surface area contributed by atoms with Crippen molar-refractivity contribution in [2.45, 2.75) is 13.5 Å². The maximum atomic E-state index is 12.8. The van der Waals surface area contributed by atoms with Crippen molar-refractivity contribution < 1.29 is 19.5 Å². The van der Waals surface area contributed by atoms with Gasteiger partial charge in [-0.15, -0.1) is 0 Å². The van der Waals surface area contributed by atoms with Crippen LogP contribution >= 0.6 is 0 Å². The van der Waals surface area contributed by atoms with Crippen LogP contribution in [0.4, 0.5) is 4.79 Å². The maximum Gasteiger partial charge on any atom is 0.335 e. The normalized spacial score (nSPS) is 15.0. The van der Waals surface area contributed by atoms with Gasteiger partial charge >= 0.3 is 12.0 Å². The molecule has 1 fully saturated rings. The highest BCUT2D eigenvalue weighted by Gasteiger charge is 2.33. The molecule has 0 atom stereocenters. The molecule has 0 spiro atoms. The summed E-state index contributed by atoms with van der Waals surface area (Å²) in [7, 11) is 0. The summed E-state index contributed by atoms with van der Waals surface area (Å²) in [6, 6.07) is 17.2. The minimum absolute atomic E-state index is 0.161. The number of carbonyl (C=O) groups is 3. The Bertz CT molecular complexity index is 1190. The number of carboxylic acids is 1. The fourth-order valence-electron chi connectivity index (χ4n) is 3.39. The molecule has 2 N–H and O–H groups in total. The van der Waals surface area contributed by atoms with Gasteiger partial charge in [0.15, 0.2) is 0 Å². The molecular weight excluding hydrogens is 382 g/mol. The zero-order chi connectivity index (χ0) is 21.3. The lowest BCUT2D eigenvalue weighted by molar-refractivity contribution is -0.123. The van der Waals surface area contributed by atoms with Crippen LogP contribution in [0.1, 0.15) is 27.2 Å². The first kappa shape index (κ1) is 19.2. The van der Waals surface area contributed by atoms with Crippen molar-refractivity contribution in [2.75, 3.05) is 0 Å². The molecule has 2 heterocycles. The molecule has 3 aromatic rings. The van der Waals surface area contributed by atoms with Crippen molar-refractivity contribution in [3.63, 3.8) is 0 Å². The molecule has 7 nitrogen and oxygen atoms in total. The van der Waals surface area contributed by atoms with Crippen LogP contribution in [0.3, 0.4) is 0 Å². The first-order valence-corrected chi connectivity index (χ1v) is 9.33. The predicted octanol–water partition coefficient (Wildman–Crippen LogP) is 3.58. The second-order valence-electron chi connectivity index (χ2n) is 7.03. The Balaban J connectivity index is 1.61. The summed E-state index contributed by atoms with van der Waals surface area (Å²) >= 11 is 0. The SMILES string of the molecule is Cc1cccc(CN2C(=O)N/C(=C/c3cccn3-c3cccc(C(=O)O)c3)C2=O)c1. The smallest absolute Gasteiger partial charge is 0.335 e. The largest absolute Gasteiger partial charge is 0.478 e. The summed E-state index contributed by atoms with van der Waals surface area (Å²) in [4.78, 5) is 37.6. The lowest BCUT2D eigenvalue weighted by Crippen LogP contribution is -2.30. The van der Waals surface area contributed by atoms with Crippen molar-refractivity contribution >= 4 is 24.0 Å².